The van der Waals surface area contributed by atoms with Crippen molar-refractivity contribution in [1.82, 2.24) is 14.5 Å². The first-order chi connectivity index (χ1) is 12.8. The summed E-state index contributed by atoms with van der Waals surface area (Å²) in [5.74, 6) is 0.682. The Hall–Kier alpha value is -2.40. The largest absolute Gasteiger partial charge is 0.356 e. The van der Waals surface area contributed by atoms with E-state index in [0.717, 1.165) is 42.1 Å². The zero-order valence-electron chi connectivity index (χ0n) is 15.0. The third-order valence-corrected chi connectivity index (χ3v) is 5.04. The van der Waals surface area contributed by atoms with Crippen LogP contribution in [0.25, 0.3) is 11.0 Å². The molecule has 0 spiro atoms. The van der Waals surface area contributed by atoms with E-state index in [1.807, 2.05) is 30.3 Å². The van der Waals surface area contributed by atoms with E-state index in [9.17, 15) is 4.39 Å². The van der Waals surface area contributed by atoms with Crippen LogP contribution in [0.2, 0.25) is 0 Å². The molecule has 26 heavy (non-hydrogen) atoms. The Morgan fingerprint density at radius 1 is 1.00 bits per heavy atom. The van der Waals surface area contributed by atoms with Gasteiger partial charge < -0.3 is 14.8 Å². The molecule has 1 saturated heterocycles. The molecule has 0 radical (unpaired) electrons. The Labute approximate surface area is 153 Å². The average molecular weight is 352 g/mol. The first-order valence-corrected chi connectivity index (χ1v) is 9.45. The van der Waals surface area contributed by atoms with Crippen LogP contribution in [0.5, 0.6) is 0 Å². The molecule has 136 valence electrons. The topological polar surface area (TPSA) is 33.1 Å². The molecule has 1 N–H and O–H groups in total. The average Bonchev–Trinajstić information content (AvgIpc) is 3.29. The normalized spacial score (nSPS) is 15.0. The molecule has 1 aliphatic rings. The SMILES string of the molecule is Fc1ccc(Cn2c(NCCCN3CCCC3)nc3ccccc32)cc1. The maximum Gasteiger partial charge on any atom is 0.204 e. The predicted octanol–water partition coefficient (Wildman–Crippen LogP) is 4.12. The van der Waals surface area contributed by atoms with Gasteiger partial charge in [0.15, 0.2) is 0 Å². The van der Waals surface area contributed by atoms with Crippen molar-refractivity contribution < 1.29 is 4.39 Å². The molecule has 1 aliphatic heterocycles. The number of fused-ring (bicyclic) bond motifs is 1. The van der Waals surface area contributed by atoms with Crippen molar-refractivity contribution in [3.05, 3.63) is 59.9 Å². The third kappa shape index (κ3) is 3.88. The third-order valence-electron chi connectivity index (χ3n) is 5.04. The number of aromatic nitrogens is 2. The van der Waals surface area contributed by atoms with Gasteiger partial charge in [-0.1, -0.05) is 24.3 Å². The lowest BCUT2D eigenvalue weighted by Gasteiger charge is -2.15. The van der Waals surface area contributed by atoms with Gasteiger partial charge in [0.25, 0.3) is 0 Å². The number of nitrogens with one attached hydrogen (secondary N) is 1. The molecular formula is C21H25FN4. The first-order valence-electron chi connectivity index (χ1n) is 9.45. The van der Waals surface area contributed by atoms with E-state index in [-0.39, 0.29) is 5.82 Å². The van der Waals surface area contributed by atoms with Gasteiger partial charge in [-0.15, -0.1) is 0 Å². The Morgan fingerprint density at radius 2 is 1.77 bits per heavy atom. The minimum atomic E-state index is -0.204. The molecule has 0 aliphatic carbocycles. The number of likely N-dealkylation sites (tertiary alicyclic amines) is 1. The van der Waals surface area contributed by atoms with Gasteiger partial charge in [0, 0.05) is 6.54 Å². The van der Waals surface area contributed by atoms with Crippen LogP contribution in [0.1, 0.15) is 24.8 Å². The lowest BCUT2D eigenvalue weighted by Crippen LogP contribution is -2.22. The molecule has 0 saturated carbocycles. The second-order valence-corrected chi connectivity index (χ2v) is 6.97. The van der Waals surface area contributed by atoms with Crippen molar-refractivity contribution in [2.45, 2.75) is 25.8 Å². The highest BCUT2D eigenvalue weighted by molar-refractivity contribution is 5.78. The van der Waals surface area contributed by atoms with Gasteiger partial charge in [0.2, 0.25) is 5.95 Å². The van der Waals surface area contributed by atoms with E-state index in [0.29, 0.717) is 6.54 Å². The molecule has 1 fully saturated rings. The molecule has 3 aromatic rings. The van der Waals surface area contributed by atoms with Gasteiger partial charge in [-0.3, -0.25) is 0 Å². The zero-order chi connectivity index (χ0) is 17.8. The highest BCUT2D eigenvalue weighted by Crippen LogP contribution is 2.21. The van der Waals surface area contributed by atoms with E-state index >= 15 is 0 Å². The standard InChI is InChI=1S/C21H25FN4/c22-18-10-8-17(9-11-18)16-26-20-7-2-1-6-19(20)24-21(26)23-12-5-15-25-13-3-4-14-25/h1-2,6-11H,3-5,12-16H2,(H,23,24). The van der Waals surface area contributed by atoms with Crippen molar-refractivity contribution in [1.29, 1.82) is 0 Å². The number of benzene rings is 2. The van der Waals surface area contributed by atoms with Gasteiger partial charge in [0.1, 0.15) is 5.82 Å². The Kier molecular flexibility index (Phi) is 5.16. The molecule has 0 atom stereocenters. The fourth-order valence-corrected chi connectivity index (χ4v) is 3.65. The molecule has 2 heterocycles. The Bertz CT molecular complexity index is 850. The number of anilines is 1. The van der Waals surface area contributed by atoms with Crippen molar-refractivity contribution in [3.63, 3.8) is 0 Å². The van der Waals surface area contributed by atoms with Crippen LogP contribution in [-0.4, -0.2) is 40.6 Å². The number of nitrogens with zero attached hydrogens (tertiary/aromatic N) is 3. The van der Waals surface area contributed by atoms with Crippen LogP contribution >= 0.6 is 0 Å². The summed E-state index contributed by atoms with van der Waals surface area (Å²) in [4.78, 5) is 7.29. The summed E-state index contributed by atoms with van der Waals surface area (Å²) in [6.07, 6.45) is 3.78. The van der Waals surface area contributed by atoms with Crippen molar-refractivity contribution in [3.8, 4) is 0 Å². The fraction of sp³-hybridized carbons (Fsp3) is 0.381. The summed E-state index contributed by atoms with van der Waals surface area (Å²) in [7, 11) is 0. The van der Waals surface area contributed by atoms with E-state index in [4.69, 9.17) is 4.98 Å². The minimum Gasteiger partial charge on any atom is -0.356 e. The van der Waals surface area contributed by atoms with Crippen LogP contribution in [0.4, 0.5) is 10.3 Å². The zero-order valence-corrected chi connectivity index (χ0v) is 15.0. The minimum absolute atomic E-state index is 0.204. The van der Waals surface area contributed by atoms with Crippen molar-refractivity contribution >= 4 is 17.0 Å². The van der Waals surface area contributed by atoms with E-state index in [2.05, 4.69) is 20.9 Å². The number of imidazole rings is 1. The van der Waals surface area contributed by atoms with Gasteiger partial charge in [-0.05, 0) is 68.7 Å². The second-order valence-electron chi connectivity index (χ2n) is 6.97. The summed E-state index contributed by atoms with van der Waals surface area (Å²) < 4.78 is 15.4. The number of hydrogen-bond acceptors (Lipinski definition) is 3. The van der Waals surface area contributed by atoms with E-state index < -0.39 is 0 Å². The number of hydrogen-bond donors (Lipinski definition) is 1. The molecular weight excluding hydrogens is 327 g/mol. The smallest absolute Gasteiger partial charge is 0.204 e. The van der Waals surface area contributed by atoms with Gasteiger partial charge in [-0.2, -0.15) is 0 Å². The highest BCUT2D eigenvalue weighted by atomic mass is 19.1. The molecule has 0 bridgehead atoms. The second kappa shape index (κ2) is 7.87. The predicted molar refractivity (Wildman–Crippen MR) is 104 cm³/mol. The van der Waals surface area contributed by atoms with Gasteiger partial charge in [-0.25, -0.2) is 9.37 Å². The van der Waals surface area contributed by atoms with Crippen LogP contribution < -0.4 is 5.32 Å². The monoisotopic (exact) mass is 352 g/mol. The number of para-hydroxylation sites is 2. The molecule has 1 aromatic heterocycles. The van der Waals surface area contributed by atoms with Crippen LogP contribution in [0.15, 0.2) is 48.5 Å². The number of halogens is 1. The molecule has 4 rings (SSSR count). The van der Waals surface area contributed by atoms with Crippen LogP contribution in [0.3, 0.4) is 0 Å². The summed E-state index contributed by atoms with van der Waals surface area (Å²) >= 11 is 0. The molecule has 2 aromatic carbocycles. The first kappa shape index (κ1) is 17.0. The lowest BCUT2D eigenvalue weighted by molar-refractivity contribution is 0.337. The van der Waals surface area contributed by atoms with Gasteiger partial charge in [0.05, 0.1) is 17.6 Å². The van der Waals surface area contributed by atoms with Crippen LogP contribution in [0, 0.1) is 5.82 Å². The summed E-state index contributed by atoms with van der Waals surface area (Å²) in [6.45, 7) is 5.20. The summed E-state index contributed by atoms with van der Waals surface area (Å²) in [5, 5.41) is 3.51. The highest BCUT2D eigenvalue weighted by Gasteiger charge is 2.12. The summed E-state index contributed by atoms with van der Waals surface area (Å²) in [5.41, 5.74) is 3.14. The van der Waals surface area contributed by atoms with Crippen molar-refractivity contribution in [2.75, 3.05) is 31.5 Å². The van der Waals surface area contributed by atoms with Gasteiger partial charge >= 0.3 is 0 Å². The van der Waals surface area contributed by atoms with E-state index in [1.165, 1.54) is 38.1 Å². The molecule has 5 heteroatoms. The molecule has 4 nitrogen and oxygen atoms in total. The van der Waals surface area contributed by atoms with Crippen molar-refractivity contribution in [2.24, 2.45) is 0 Å². The summed E-state index contributed by atoms with van der Waals surface area (Å²) in [6, 6.07) is 14.8. The number of rotatable bonds is 7. The van der Waals surface area contributed by atoms with Crippen LogP contribution in [-0.2, 0) is 6.54 Å². The Balaban J connectivity index is 1.48. The Morgan fingerprint density at radius 3 is 2.58 bits per heavy atom. The maximum atomic E-state index is 13.2. The van der Waals surface area contributed by atoms with E-state index in [1.54, 1.807) is 0 Å². The fourth-order valence-electron chi connectivity index (χ4n) is 3.65. The lowest BCUT2D eigenvalue weighted by atomic mass is 10.2. The maximum absolute atomic E-state index is 13.2. The molecule has 0 amide bonds. The quantitative estimate of drug-likeness (QED) is 0.649. The molecule has 0 unspecified atom stereocenters.